The van der Waals surface area contributed by atoms with Crippen LogP contribution in [0, 0.1) is 23.8 Å². The van der Waals surface area contributed by atoms with Crippen LogP contribution in [-0.4, -0.2) is 45.4 Å². The molecule has 11 heteroatoms. The maximum Gasteiger partial charge on any atom is 0.257 e. The van der Waals surface area contributed by atoms with Gasteiger partial charge in [0.15, 0.2) is 18.2 Å². The van der Waals surface area contributed by atoms with E-state index in [0.717, 1.165) is 6.07 Å². The van der Waals surface area contributed by atoms with Crippen LogP contribution in [-0.2, 0) is 11.3 Å². The van der Waals surface area contributed by atoms with E-state index in [9.17, 15) is 27.6 Å². The monoisotopic (exact) mass is 491 g/mol. The Balaban J connectivity index is 1.43. The molecule has 0 bridgehead atoms. The molecule has 1 fully saturated rings. The van der Waals surface area contributed by atoms with Gasteiger partial charge in [-0.15, -0.1) is 0 Å². The van der Waals surface area contributed by atoms with Crippen LogP contribution in [0.15, 0.2) is 48.9 Å². The maximum absolute atomic E-state index is 14.6. The number of hydrogen-bond acceptors (Lipinski definition) is 4. The van der Waals surface area contributed by atoms with E-state index in [4.69, 9.17) is 0 Å². The van der Waals surface area contributed by atoms with E-state index in [0.29, 0.717) is 16.1 Å². The van der Waals surface area contributed by atoms with E-state index < -0.39 is 41.8 Å². The Kier molecular flexibility index (Phi) is 6.79. The van der Waals surface area contributed by atoms with Crippen molar-refractivity contribution >= 4 is 11.7 Å². The van der Waals surface area contributed by atoms with Crippen molar-refractivity contribution in [2.24, 2.45) is 0 Å². The Bertz CT molecular complexity index is 1220. The van der Waals surface area contributed by atoms with E-state index >= 15 is 0 Å². The second-order valence-electron chi connectivity index (χ2n) is 8.75. The number of benzene rings is 1. The summed E-state index contributed by atoms with van der Waals surface area (Å²) in [5, 5.41) is 14.0. The Morgan fingerprint density at radius 3 is 2.69 bits per heavy atom. The first-order valence-corrected chi connectivity index (χ1v) is 11.1. The minimum absolute atomic E-state index is 0.0315. The first kappa shape index (κ1) is 24.6. The number of imidazole rings is 1. The lowest BCUT2D eigenvalue weighted by Gasteiger charge is -2.40. The number of alkyl halides is 2. The Labute approximate surface area is 199 Å². The summed E-state index contributed by atoms with van der Waals surface area (Å²) in [5.41, 5.74) is 0.601. The first-order valence-electron chi connectivity index (χ1n) is 11.1. The fourth-order valence-electron chi connectivity index (χ4n) is 4.24. The lowest BCUT2D eigenvalue weighted by Crippen LogP contribution is -2.52. The standard InChI is InChI=1S/C24H25F4N5O2/c1-15(31-10-7-24(27,28)20(13-31)17-5-8-33(35)9-6-17)23(34)30-22-14-32(16(2)29-22)12-18-3-4-19(25)11-21(18)26/h3-6,8-9,11,14-15,20H,7,10,12-13H2,1-2H3,(H,30,34)/t15-,20-/m1/s1. The molecule has 2 atom stereocenters. The first-order chi connectivity index (χ1) is 16.5. The molecule has 1 aliphatic heterocycles. The number of pyridine rings is 1. The topological polar surface area (TPSA) is 77.1 Å². The molecule has 3 heterocycles. The average molecular weight is 491 g/mol. The molecule has 1 aliphatic rings. The molecule has 3 aromatic rings. The van der Waals surface area contributed by atoms with Gasteiger partial charge in [-0.3, -0.25) is 9.69 Å². The van der Waals surface area contributed by atoms with Gasteiger partial charge < -0.3 is 15.1 Å². The van der Waals surface area contributed by atoms with E-state index in [1.165, 1.54) is 42.9 Å². The quantitative estimate of drug-likeness (QED) is 0.325. The number of rotatable bonds is 6. The third-order valence-corrected chi connectivity index (χ3v) is 6.40. The molecule has 35 heavy (non-hydrogen) atoms. The number of nitrogens with zero attached hydrogens (tertiary/aromatic N) is 4. The van der Waals surface area contributed by atoms with Crippen LogP contribution in [0.25, 0.3) is 0 Å². The van der Waals surface area contributed by atoms with Crippen LogP contribution in [0.2, 0.25) is 0 Å². The SMILES string of the molecule is Cc1nc(NC(=O)[C@@H](C)N2CCC(F)(F)[C@@H](c3cc[n+]([O-])cc3)C2)cn1Cc1ccc(F)cc1F. The van der Waals surface area contributed by atoms with Crippen LogP contribution < -0.4 is 10.0 Å². The van der Waals surface area contributed by atoms with Crippen molar-refractivity contribution in [2.75, 3.05) is 18.4 Å². The molecule has 1 amide bonds. The highest BCUT2D eigenvalue weighted by Gasteiger charge is 2.46. The highest BCUT2D eigenvalue weighted by molar-refractivity contribution is 5.93. The minimum Gasteiger partial charge on any atom is -0.619 e. The second kappa shape index (κ2) is 9.65. The van der Waals surface area contributed by atoms with Crippen LogP contribution in [0.5, 0.6) is 0 Å². The summed E-state index contributed by atoms with van der Waals surface area (Å²) in [5.74, 6) is -5.14. The lowest BCUT2D eigenvalue weighted by atomic mass is 9.87. The third kappa shape index (κ3) is 5.45. The average Bonchev–Trinajstić information content (AvgIpc) is 3.14. The number of amides is 1. The third-order valence-electron chi connectivity index (χ3n) is 6.40. The molecule has 4 rings (SSSR count). The summed E-state index contributed by atoms with van der Waals surface area (Å²) in [6, 6.07) is 5.34. The Morgan fingerprint density at radius 2 is 2.00 bits per heavy atom. The summed E-state index contributed by atoms with van der Waals surface area (Å²) in [6.07, 6.45) is 3.48. The molecule has 186 valence electrons. The normalized spacial score (nSPS) is 18.9. The molecule has 1 N–H and O–H groups in total. The molecule has 0 radical (unpaired) electrons. The molecule has 0 unspecified atom stereocenters. The number of aromatic nitrogens is 3. The van der Waals surface area contributed by atoms with Crippen molar-refractivity contribution in [2.45, 2.75) is 44.7 Å². The number of piperidine rings is 1. The zero-order valence-electron chi connectivity index (χ0n) is 19.2. The Hall–Kier alpha value is -3.47. The van der Waals surface area contributed by atoms with Gasteiger partial charge in [0.05, 0.1) is 18.5 Å². The van der Waals surface area contributed by atoms with Crippen molar-refractivity contribution in [3.05, 3.63) is 82.7 Å². The predicted molar refractivity (Wildman–Crippen MR) is 120 cm³/mol. The predicted octanol–water partition coefficient (Wildman–Crippen LogP) is 3.60. The van der Waals surface area contributed by atoms with Gasteiger partial charge in [-0.2, -0.15) is 4.73 Å². The summed E-state index contributed by atoms with van der Waals surface area (Å²) in [6.45, 7) is 3.39. The molecular formula is C24H25F4N5O2. The summed E-state index contributed by atoms with van der Waals surface area (Å²) in [7, 11) is 0. The lowest BCUT2D eigenvalue weighted by molar-refractivity contribution is -0.605. The zero-order chi connectivity index (χ0) is 25.3. The molecule has 7 nitrogen and oxygen atoms in total. The van der Waals surface area contributed by atoms with E-state index in [-0.39, 0.29) is 31.0 Å². The van der Waals surface area contributed by atoms with Crippen LogP contribution in [0.4, 0.5) is 23.4 Å². The van der Waals surface area contributed by atoms with Gasteiger partial charge >= 0.3 is 0 Å². The van der Waals surface area contributed by atoms with Gasteiger partial charge in [0.25, 0.3) is 5.92 Å². The van der Waals surface area contributed by atoms with Crippen molar-refractivity contribution in [1.29, 1.82) is 0 Å². The number of halogens is 4. The van der Waals surface area contributed by atoms with Crippen molar-refractivity contribution in [1.82, 2.24) is 14.5 Å². The van der Waals surface area contributed by atoms with Gasteiger partial charge in [0.2, 0.25) is 5.91 Å². The van der Waals surface area contributed by atoms with Crippen molar-refractivity contribution < 1.29 is 27.1 Å². The second-order valence-corrected chi connectivity index (χ2v) is 8.75. The fourth-order valence-corrected chi connectivity index (χ4v) is 4.24. The molecule has 1 aromatic carbocycles. The number of aryl methyl sites for hydroxylation is 1. The minimum atomic E-state index is -2.97. The smallest absolute Gasteiger partial charge is 0.257 e. The van der Waals surface area contributed by atoms with Crippen molar-refractivity contribution in [3.63, 3.8) is 0 Å². The number of likely N-dealkylation sites (tertiary alicyclic amines) is 1. The summed E-state index contributed by atoms with van der Waals surface area (Å²) in [4.78, 5) is 18.8. The highest BCUT2D eigenvalue weighted by Crippen LogP contribution is 2.40. The highest BCUT2D eigenvalue weighted by atomic mass is 19.3. The number of carbonyl (C=O) groups excluding carboxylic acids is 1. The maximum atomic E-state index is 14.6. The van der Waals surface area contributed by atoms with Gasteiger partial charge in [-0.05, 0) is 25.5 Å². The molecule has 1 saturated heterocycles. The van der Waals surface area contributed by atoms with Crippen molar-refractivity contribution in [3.8, 4) is 0 Å². The van der Waals surface area contributed by atoms with Gasteiger partial charge in [-0.25, -0.2) is 22.5 Å². The summed E-state index contributed by atoms with van der Waals surface area (Å²) >= 11 is 0. The fraction of sp³-hybridized carbons (Fsp3) is 0.375. The molecule has 0 aliphatic carbocycles. The van der Waals surface area contributed by atoms with Gasteiger partial charge in [0.1, 0.15) is 17.5 Å². The summed E-state index contributed by atoms with van der Waals surface area (Å²) < 4.78 is 58.6. The van der Waals surface area contributed by atoms with E-state index in [1.54, 1.807) is 23.3 Å². The largest absolute Gasteiger partial charge is 0.619 e. The molecule has 2 aromatic heterocycles. The Morgan fingerprint density at radius 1 is 1.29 bits per heavy atom. The number of carbonyl (C=O) groups is 1. The van der Waals surface area contributed by atoms with Gasteiger partial charge in [0, 0.05) is 49.5 Å². The van der Waals surface area contributed by atoms with Crippen LogP contribution in [0.1, 0.15) is 36.2 Å². The number of anilines is 1. The van der Waals surface area contributed by atoms with Crippen LogP contribution >= 0.6 is 0 Å². The van der Waals surface area contributed by atoms with E-state index in [1.807, 2.05) is 0 Å². The number of nitrogens with one attached hydrogen (secondary N) is 1. The molecule has 0 saturated carbocycles. The van der Waals surface area contributed by atoms with Crippen LogP contribution in [0.3, 0.4) is 0 Å². The molecule has 0 spiro atoms. The zero-order valence-corrected chi connectivity index (χ0v) is 19.2. The van der Waals surface area contributed by atoms with E-state index in [2.05, 4.69) is 10.3 Å². The van der Waals surface area contributed by atoms with Gasteiger partial charge in [-0.1, -0.05) is 6.07 Å². The number of hydrogen-bond donors (Lipinski definition) is 1. The molecular weight excluding hydrogens is 466 g/mol.